The van der Waals surface area contributed by atoms with E-state index in [1.54, 1.807) is 5.57 Å². The summed E-state index contributed by atoms with van der Waals surface area (Å²) in [7, 11) is 2.05. The number of hydrogen-bond donors (Lipinski definition) is 1. The molecule has 1 aliphatic carbocycles. The van der Waals surface area contributed by atoms with Crippen molar-refractivity contribution < 1.29 is 0 Å². The molecule has 0 saturated heterocycles. The van der Waals surface area contributed by atoms with Crippen LogP contribution in [-0.4, -0.2) is 13.1 Å². The van der Waals surface area contributed by atoms with Crippen molar-refractivity contribution in [2.45, 2.75) is 38.1 Å². The predicted molar refractivity (Wildman–Crippen MR) is 74.6 cm³/mol. The van der Waals surface area contributed by atoms with Gasteiger partial charge in [-0.3, -0.25) is 0 Å². The standard InChI is InChI=1S/C15H20ClN/c1-17-15(13-5-3-2-4-6-13)11-12-7-9-14(16)10-8-12/h5,7-10,15,17H,2-4,6,11H2,1H3. The molecule has 1 atom stereocenters. The van der Waals surface area contributed by atoms with Gasteiger partial charge in [0, 0.05) is 11.1 Å². The molecule has 0 aliphatic heterocycles. The van der Waals surface area contributed by atoms with Gasteiger partial charge in [0.25, 0.3) is 0 Å². The van der Waals surface area contributed by atoms with Gasteiger partial charge in [0.05, 0.1) is 0 Å². The molecule has 0 spiro atoms. The third-order valence-electron chi connectivity index (χ3n) is 3.48. The lowest BCUT2D eigenvalue weighted by atomic mass is 9.90. The van der Waals surface area contributed by atoms with E-state index >= 15 is 0 Å². The third-order valence-corrected chi connectivity index (χ3v) is 3.73. The van der Waals surface area contributed by atoms with Crippen LogP contribution in [0.5, 0.6) is 0 Å². The first-order chi connectivity index (χ1) is 8.29. The molecule has 1 aromatic carbocycles. The molecule has 0 radical (unpaired) electrons. The molecule has 92 valence electrons. The molecule has 0 aromatic heterocycles. The van der Waals surface area contributed by atoms with E-state index in [4.69, 9.17) is 11.6 Å². The van der Waals surface area contributed by atoms with Gasteiger partial charge in [-0.2, -0.15) is 0 Å². The number of likely N-dealkylation sites (N-methyl/N-ethyl adjacent to an activating group) is 1. The zero-order valence-corrected chi connectivity index (χ0v) is 11.1. The van der Waals surface area contributed by atoms with Crippen LogP contribution < -0.4 is 5.32 Å². The minimum Gasteiger partial charge on any atom is -0.313 e. The largest absolute Gasteiger partial charge is 0.313 e. The zero-order chi connectivity index (χ0) is 12.1. The maximum atomic E-state index is 5.90. The van der Waals surface area contributed by atoms with Crippen LogP contribution in [-0.2, 0) is 6.42 Å². The van der Waals surface area contributed by atoms with Crippen LogP contribution in [0.25, 0.3) is 0 Å². The first kappa shape index (κ1) is 12.7. The van der Waals surface area contributed by atoms with E-state index in [0.717, 1.165) is 11.4 Å². The van der Waals surface area contributed by atoms with E-state index in [1.165, 1.54) is 31.2 Å². The van der Waals surface area contributed by atoms with Crippen LogP contribution in [0.15, 0.2) is 35.9 Å². The average molecular weight is 250 g/mol. The Kier molecular flexibility index (Phi) is 4.64. The second kappa shape index (κ2) is 6.23. The van der Waals surface area contributed by atoms with Crippen molar-refractivity contribution in [3.8, 4) is 0 Å². The van der Waals surface area contributed by atoms with Crippen LogP contribution >= 0.6 is 11.6 Å². The fraction of sp³-hybridized carbons (Fsp3) is 0.467. The van der Waals surface area contributed by atoms with E-state index in [2.05, 4.69) is 30.6 Å². The summed E-state index contributed by atoms with van der Waals surface area (Å²) in [5, 5.41) is 4.25. The Morgan fingerprint density at radius 1 is 1.24 bits per heavy atom. The van der Waals surface area contributed by atoms with Gasteiger partial charge >= 0.3 is 0 Å². The zero-order valence-electron chi connectivity index (χ0n) is 10.4. The number of allylic oxidation sites excluding steroid dienone is 1. The number of rotatable bonds is 4. The van der Waals surface area contributed by atoms with E-state index in [9.17, 15) is 0 Å². The van der Waals surface area contributed by atoms with Gasteiger partial charge in [-0.15, -0.1) is 0 Å². The molecule has 0 saturated carbocycles. The molecular formula is C15H20ClN. The van der Waals surface area contributed by atoms with Gasteiger partial charge in [0.15, 0.2) is 0 Å². The van der Waals surface area contributed by atoms with Crippen molar-refractivity contribution in [1.82, 2.24) is 5.32 Å². The van der Waals surface area contributed by atoms with Crippen molar-refractivity contribution in [3.63, 3.8) is 0 Å². The highest BCUT2D eigenvalue weighted by molar-refractivity contribution is 6.30. The summed E-state index contributed by atoms with van der Waals surface area (Å²) in [5.41, 5.74) is 2.92. The molecule has 1 aliphatic rings. The van der Waals surface area contributed by atoms with Crippen LogP contribution in [0, 0.1) is 0 Å². The summed E-state index contributed by atoms with van der Waals surface area (Å²) in [6.07, 6.45) is 8.65. The minimum atomic E-state index is 0.483. The van der Waals surface area contributed by atoms with Gasteiger partial charge in [-0.25, -0.2) is 0 Å². The minimum absolute atomic E-state index is 0.483. The molecule has 0 heterocycles. The lowest BCUT2D eigenvalue weighted by molar-refractivity contribution is 0.569. The molecule has 2 heteroatoms. The molecule has 1 N–H and O–H groups in total. The Balaban J connectivity index is 2.04. The lowest BCUT2D eigenvalue weighted by Crippen LogP contribution is -2.30. The molecule has 2 rings (SSSR count). The first-order valence-electron chi connectivity index (χ1n) is 6.40. The van der Waals surface area contributed by atoms with Crippen molar-refractivity contribution >= 4 is 11.6 Å². The maximum absolute atomic E-state index is 5.90. The molecule has 1 aromatic rings. The van der Waals surface area contributed by atoms with E-state index in [0.29, 0.717) is 6.04 Å². The molecule has 1 unspecified atom stereocenters. The van der Waals surface area contributed by atoms with Crippen LogP contribution in [0.4, 0.5) is 0 Å². The number of nitrogens with one attached hydrogen (secondary N) is 1. The quantitative estimate of drug-likeness (QED) is 0.797. The summed E-state index contributed by atoms with van der Waals surface area (Å²) in [4.78, 5) is 0. The molecule has 0 fully saturated rings. The highest BCUT2D eigenvalue weighted by Crippen LogP contribution is 2.22. The molecule has 0 amide bonds. The lowest BCUT2D eigenvalue weighted by Gasteiger charge is -2.23. The van der Waals surface area contributed by atoms with Gasteiger partial charge < -0.3 is 5.32 Å². The summed E-state index contributed by atoms with van der Waals surface area (Å²) >= 11 is 5.90. The molecule has 1 nitrogen and oxygen atoms in total. The number of halogens is 1. The van der Waals surface area contributed by atoms with Crippen LogP contribution in [0.3, 0.4) is 0 Å². The van der Waals surface area contributed by atoms with E-state index in [-0.39, 0.29) is 0 Å². The van der Waals surface area contributed by atoms with Crippen molar-refractivity contribution in [3.05, 3.63) is 46.5 Å². The monoisotopic (exact) mass is 249 g/mol. The Morgan fingerprint density at radius 3 is 2.59 bits per heavy atom. The Morgan fingerprint density at radius 2 is 2.00 bits per heavy atom. The van der Waals surface area contributed by atoms with Crippen molar-refractivity contribution in [2.75, 3.05) is 7.05 Å². The number of hydrogen-bond acceptors (Lipinski definition) is 1. The van der Waals surface area contributed by atoms with Gasteiger partial charge in [-0.1, -0.05) is 35.4 Å². The number of benzene rings is 1. The first-order valence-corrected chi connectivity index (χ1v) is 6.78. The van der Waals surface area contributed by atoms with Gasteiger partial charge in [0.2, 0.25) is 0 Å². The summed E-state index contributed by atoms with van der Waals surface area (Å²) in [6.45, 7) is 0. The summed E-state index contributed by atoms with van der Waals surface area (Å²) in [5.74, 6) is 0. The third kappa shape index (κ3) is 3.58. The second-order valence-electron chi connectivity index (χ2n) is 4.70. The molecular weight excluding hydrogens is 230 g/mol. The highest BCUT2D eigenvalue weighted by Gasteiger charge is 2.14. The Hall–Kier alpha value is -0.790. The highest BCUT2D eigenvalue weighted by atomic mass is 35.5. The SMILES string of the molecule is CNC(Cc1ccc(Cl)cc1)C1=CCCCC1. The van der Waals surface area contributed by atoms with E-state index in [1.807, 2.05) is 12.1 Å². The Labute approximate surface area is 109 Å². The van der Waals surface area contributed by atoms with Crippen molar-refractivity contribution in [1.29, 1.82) is 0 Å². The van der Waals surface area contributed by atoms with Crippen LogP contribution in [0.1, 0.15) is 31.2 Å². The summed E-state index contributed by atoms with van der Waals surface area (Å²) < 4.78 is 0. The second-order valence-corrected chi connectivity index (χ2v) is 5.13. The maximum Gasteiger partial charge on any atom is 0.0406 e. The van der Waals surface area contributed by atoms with E-state index < -0.39 is 0 Å². The van der Waals surface area contributed by atoms with Crippen molar-refractivity contribution in [2.24, 2.45) is 0 Å². The normalized spacial score (nSPS) is 17.6. The topological polar surface area (TPSA) is 12.0 Å². The molecule has 0 bridgehead atoms. The Bertz CT molecular complexity index is 380. The smallest absolute Gasteiger partial charge is 0.0406 e. The van der Waals surface area contributed by atoms with Gasteiger partial charge in [-0.05, 0) is 56.8 Å². The fourth-order valence-electron chi connectivity index (χ4n) is 2.45. The fourth-order valence-corrected chi connectivity index (χ4v) is 2.58. The average Bonchev–Trinajstić information content (AvgIpc) is 2.39. The van der Waals surface area contributed by atoms with Gasteiger partial charge in [0.1, 0.15) is 0 Å². The molecule has 17 heavy (non-hydrogen) atoms. The summed E-state index contributed by atoms with van der Waals surface area (Å²) in [6, 6.07) is 8.67. The van der Waals surface area contributed by atoms with Crippen LogP contribution in [0.2, 0.25) is 5.02 Å². The predicted octanol–water partition coefficient (Wildman–Crippen LogP) is 3.97.